The molecular formula is C26H30N4O3S. The highest BCUT2D eigenvalue weighted by Crippen LogP contribution is 2.38. The maximum atomic E-state index is 12.8. The third-order valence-electron chi connectivity index (χ3n) is 6.11. The van der Waals surface area contributed by atoms with Crippen LogP contribution in [0.2, 0.25) is 0 Å². The summed E-state index contributed by atoms with van der Waals surface area (Å²) in [5, 5.41) is 2.90. The van der Waals surface area contributed by atoms with Gasteiger partial charge in [0.2, 0.25) is 0 Å². The van der Waals surface area contributed by atoms with Crippen LogP contribution in [0.5, 0.6) is 0 Å². The molecule has 3 N–H and O–H groups in total. The van der Waals surface area contributed by atoms with E-state index in [0.29, 0.717) is 18.0 Å². The van der Waals surface area contributed by atoms with Crippen molar-refractivity contribution >= 4 is 21.4 Å². The van der Waals surface area contributed by atoms with Crippen LogP contribution in [-0.4, -0.2) is 30.5 Å². The van der Waals surface area contributed by atoms with Gasteiger partial charge in [0.15, 0.2) is 9.84 Å². The Morgan fingerprint density at radius 2 is 1.76 bits per heavy atom. The van der Waals surface area contributed by atoms with E-state index >= 15 is 0 Å². The molecule has 34 heavy (non-hydrogen) atoms. The number of nitrogens with zero attached hydrogens (tertiary/aromatic N) is 2. The second kappa shape index (κ2) is 9.56. The zero-order valence-corrected chi connectivity index (χ0v) is 20.5. The number of hydrogen-bond acceptors (Lipinski definition) is 6. The molecule has 1 aromatic heterocycles. The van der Waals surface area contributed by atoms with E-state index < -0.39 is 9.84 Å². The zero-order chi connectivity index (χ0) is 24.5. The molecule has 0 unspecified atom stereocenters. The molecule has 7 nitrogen and oxygen atoms in total. The fraction of sp³-hybridized carbons (Fsp3) is 0.308. The highest BCUT2D eigenvalue weighted by atomic mass is 32.2. The predicted octanol–water partition coefficient (Wildman–Crippen LogP) is 3.71. The van der Waals surface area contributed by atoms with Crippen LogP contribution in [0.1, 0.15) is 52.6 Å². The number of benzene rings is 2. The largest absolute Gasteiger partial charge is 0.399 e. The Morgan fingerprint density at radius 3 is 2.38 bits per heavy atom. The average Bonchev–Trinajstić information content (AvgIpc) is 3.16. The maximum absolute atomic E-state index is 12.8. The number of anilines is 1. The van der Waals surface area contributed by atoms with Crippen LogP contribution in [0.3, 0.4) is 0 Å². The van der Waals surface area contributed by atoms with Gasteiger partial charge in [0.25, 0.3) is 5.91 Å². The zero-order valence-electron chi connectivity index (χ0n) is 19.7. The molecule has 0 spiro atoms. The van der Waals surface area contributed by atoms with E-state index in [1.165, 1.54) is 11.8 Å². The standard InChI is InChI=1S/C26H30N4O3S/c1-17(2)25-24-21(16-30(25)15-19-4-8-22(27)9-5-19)12-20(14-28-24)26(31)29-13-18-6-10-23(11-7-18)34(3,32)33/h4-12,14,17,25H,13,15-16,27H2,1-3H3,(H,29,31)/t25-/m0/s1. The first kappa shape index (κ1) is 23.9. The molecule has 4 rings (SSSR count). The molecule has 0 saturated heterocycles. The number of carbonyl (C=O) groups is 1. The first-order valence-electron chi connectivity index (χ1n) is 11.3. The molecule has 0 fully saturated rings. The minimum atomic E-state index is -3.24. The first-order chi connectivity index (χ1) is 16.1. The van der Waals surface area contributed by atoms with Gasteiger partial charge in [-0.3, -0.25) is 14.7 Å². The van der Waals surface area contributed by atoms with Gasteiger partial charge in [0, 0.05) is 37.8 Å². The Bertz CT molecular complexity index is 1290. The van der Waals surface area contributed by atoms with Crippen LogP contribution in [-0.2, 0) is 29.5 Å². The number of nitrogen functional groups attached to an aromatic ring is 1. The average molecular weight is 479 g/mol. The molecule has 8 heteroatoms. The smallest absolute Gasteiger partial charge is 0.253 e. The minimum Gasteiger partial charge on any atom is -0.399 e. The summed E-state index contributed by atoms with van der Waals surface area (Å²) in [6.07, 6.45) is 2.81. The van der Waals surface area contributed by atoms with Gasteiger partial charge in [-0.15, -0.1) is 0 Å². The summed E-state index contributed by atoms with van der Waals surface area (Å²) >= 11 is 0. The fourth-order valence-electron chi connectivity index (χ4n) is 4.42. The lowest BCUT2D eigenvalue weighted by Gasteiger charge is -2.27. The van der Waals surface area contributed by atoms with Crippen molar-refractivity contribution in [1.82, 2.24) is 15.2 Å². The second-order valence-electron chi connectivity index (χ2n) is 9.20. The molecule has 2 heterocycles. The van der Waals surface area contributed by atoms with Crippen LogP contribution >= 0.6 is 0 Å². The number of sulfone groups is 1. The number of rotatable bonds is 7. The van der Waals surface area contributed by atoms with Gasteiger partial charge in [0.1, 0.15) is 0 Å². The molecule has 178 valence electrons. The Labute approximate surface area is 200 Å². The Kier molecular flexibility index (Phi) is 6.72. The van der Waals surface area contributed by atoms with Crippen LogP contribution in [0.4, 0.5) is 5.69 Å². The van der Waals surface area contributed by atoms with Gasteiger partial charge in [-0.25, -0.2) is 8.42 Å². The number of nitrogens with two attached hydrogens (primary N) is 1. The van der Waals surface area contributed by atoms with Gasteiger partial charge in [-0.1, -0.05) is 38.1 Å². The summed E-state index contributed by atoms with van der Waals surface area (Å²) in [4.78, 5) is 20.1. The molecule has 1 aliphatic rings. The third kappa shape index (κ3) is 5.29. The van der Waals surface area contributed by atoms with Crippen molar-refractivity contribution in [2.24, 2.45) is 5.92 Å². The Hall–Kier alpha value is -3.23. The number of aromatic nitrogens is 1. The van der Waals surface area contributed by atoms with E-state index in [4.69, 9.17) is 10.7 Å². The minimum absolute atomic E-state index is 0.179. The SMILES string of the molecule is CC(C)[C@H]1c2ncc(C(=O)NCc3ccc(S(C)(=O)=O)cc3)cc2CN1Cc1ccc(N)cc1. The van der Waals surface area contributed by atoms with Gasteiger partial charge < -0.3 is 11.1 Å². The number of amides is 1. The lowest BCUT2D eigenvalue weighted by Crippen LogP contribution is -2.25. The normalized spacial score (nSPS) is 15.9. The van der Waals surface area contributed by atoms with Gasteiger partial charge in [0.05, 0.1) is 22.2 Å². The van der Waals surface area contributed by atoms with Crippen molar-refractivity contribution in [2.75, 3.05) is 12.0 Å². The molecular weight excluding hydrogens is 448 g/mol. The maximum Gasteiger partial charge on any atom is 0.253 e. The van der Waals surface area contributed by atoms with E-state index in [-0.39, 0.29) is 16.8 Å². The van der Waals surface area contributed by atoms with Crippen LogP contribution in [0.25, 0.3) is 0 Å². The summed E-state index contributed by atoms with van der Waals surface area (Å²) in [5.41, 5.74) is 11.2. The van der Waals surface area contributed by atoms with Crippen molar-refractivity contribution in [3.05, 3.63) is 88.7 Å². The highest BCUT2D eigenvalue weighted by Gasteiger charge is 2.34. The lowest BCUT2D eigenvalue weighted by atomic mass is 9.99. The van der Waals surface area contributed by atoms with E-state index in [0.717, 1.165) is 35.6 Å². The van der Waals surface area contributed by atoms with Crippen molar-refractivity contribution < 1.29 is 13.2 Å². The summed E-state index contributed by atoms with van der Waals surface area (Å²) in [7, 11) is -3.24. The highest BCUT2D eigenvalue weighted by molar-refractivity contribution is 7.90. The van der Waals surface area contributed by atoms with E-state index in [1.54, 1.807) is 30.5 Å². The number of fused-ring (bicyclic) bond motifs is 1. The van der Waals surface area contributed by atoms with Gasteiger partial charge >= 0.3 is 0 Å². The van der Waals surface area contributed by atoms with Crippen molar-refractivity contribution in [3.8, 4) is 0 Å². The van der Waals surface area contributed by atoms with Crippen LogP contribution in [0, 0.1) is 5.92 Å². The van der Waals surface area contributed by atoms with Crippen molar-refractivity contribution in [2.45, 2.75) is 44.4 Å². The van der Waals surface area contributed by atoms with Crippen molar-refractivity contribution in [3.63, 3.8) is 0 Å². The summed E-state index contributed by atoms with van der Waals surface area (Å²) in [6.45, 7) is 6.19. The quantitative estimate of drug-likeness (QED) is 0.502. The van der Waals surface area contributed by atoms with Crippen LogP contribution in [0.15, 0.2) is 65.7 Å². The Balaban J connectivity index is 1.46. The first-order valence-corrected chi connectivity index (χ1v) is 13.2. The fourth-order valence-corrected chi connectivity index (χ4v) is 5.05. The molecule has 0 bridgehead atoms. The van der Waals surface area contributed by atoms with E-state index in [9.17, 15) is 13.2 Å². The Morgan fingerprint density at radius 1 is 1.12 bits per heavy atom. The number of nitrogens with one attached hydrogen (secondary N) is 1. The molecule has 0 aliphatic carbocycles. The number of carbonyl (C=O) groups excluding carboxylic acids is 1. The molecule has 0 saturated carbocycles. The molecule has 1 aliphatic heterocycles. The second-order valence-corrected chi connectivity index (χ2v) is 11.2. The molecule has 3 aromatic rings. The van der Waals surface area contributed by atoms with Gasteiger partial charge in [-0.2, -0.15) is 0 Å². The lowest BCUT2D eigenvalue weighted by molar-refractivity contribution is 0.0950. The van der Waals surface area contributed by atoms with E-state index in [2.05, 4.69) is 24.1 Å². The molecule has 1 atom stereocenters. The summed E-state index contributed by atoms with van der Waals surface area (Å²) < 4.78 is 23.2. The molecule has 2 aromatic carbocycles. The van der Waals surface area contributed by atoms with Crippen molar-refractivity contribution in [1.29, 1.82) is 0 Å². The monoisotopic (exact) mass is 478 g/mol. The molecule has 1 amide bonds. The van der Waals surface area contributed by atoms with E-state index in [1.807, 2.05) is 30.3 Å². The topological polar surface area (TPSA) is 105 Å². The number of hydrogen-bond donors (Lipinski definition) is 2. The van der Waals surface area contributed by atoms with Crippen LogP contribution < -0.4 is 11.1 Å². The molecule has 0 radical (unpaired) electrons. The third-order valence-corrected chi connectivity index (χ3v) is 7.24. The summed E-state index contributed by atoms with van der Waals surface area (Å²) in [6, 6.07) is 16.6. The summed E-state index contributed by atoms with van der Waals surface area (Å²) in [5.74, 6) is 0.165. The van der Waals surface area contributed by atoms with Gasteiger partial charge in [-0.05, 0) is 52.9 Å². The predicted molar refractivity (Wildman–Crippen MR) is 133 cm³/mol. The number of pyridine rings is 1.